The number of hydrogen-bond acceptors (Lipinski definition) is 3. The SMILES string of the molecule is CC1(C)CCC(Oc2nccc(CO)c2F)CC1. The first-order valence-corrected chi connectivity index (χ1v) is 6.43. The Balaban J connectivity index is 2.02. The van der Waals surface area contributed by atoms with E-state index in [2.05, 4.69) is 18.8 Å². The van der Waals surface area contributed by atoms with Gasteiger partial charge in [-0.1, -0.05) is 13.8 Å². The van der Waals surface area contributed by atoms with Crippen molar-refractivity contribution in [3.05, 3.63) is 23.6 Å². The largest absolute Gasteiger partial charge is 0.472 e. The Kier molecular flexibility index (Phi) is 3.85. The topological polar surface area (TPSA) is 42.4 Å². The number of aliphatic hydroxyl groups excluding tert-OH is 1. The van der Waals surface area contributed by atoms with Crippen LogP contribution in [0.1, 0.15) is 45.1 Å². The van der Waals surface area contributed by atoms with Gasteiger partial charge in [0.15, 0.2) is 5.82 Å². The van der Waals surface area contributed by atoms with Gasteiger partial charge >= 0.3 is 0 Å². The summed E-state index contributed by atoms with van der Waals surface area (Å²) in [5.74, 6) is -0.518. The number of nitrogens with zero attached hydrogens (tertiary/aromatic N) is 1. The molecule has 18 heavy (non-hydrogen) atoms. The van der Waals surface area contributed by atoms with Gasteiger partial charge in [-0.3, -0.25) is 0 Å². The van der Waals surface area contributed by atoms with Crippen molar-refractivity contribution in [2.45, 2.75) is 52.2 Å². The Morgan fingerprint density at radius 2 is 2.11 bits per heavy atom. The molecule has 0 spiro atoms. The van der Waals surface area contributed by atoms with Gasteiger partial charge in [-0.2, -0.15) is 0 Å². The molecule has 1 aliphatic carbocycles. The fraction of sp³-hybridized carbons (Fsp3) is 0.643. The van der Waals surface area contributed by atoms with Crippen LogP contribution in [0.2, 0.25) is 0 Å². The quantitative estimate of drug-likeness (QED) is 0.900. The maximum absolute atomic E-state index is 13.8. The maximum Gasteiger partial charge on any atom is 0.251 e. The lowest BCUT2D eigenvalue weighted by molar-refractivity contribution is 0.0905. The van der Waals surface area contributed by atoms with Gasteiger partial charge in [-0.05, 0) is 37.2 Å². The summed E-state index contributed by atoms with van der Waals surface area (Å²) in [5, 5.41) is 8.99. The summed E-state index contributed by atoms with van der Waals surface area (Å²) in [5.41, 5.74) is 0.592. The maximum atomic E-state index is 13.8. The van der Waals surface area contributed by atoms with Crippen LogP contribution in [0.3, 0.4) is 0 Å². The van der Waals surface area contributed by atoms with Crippen LogP contribution in [-0.4, -0.2) is 16.2 Å². The van der Waals surface area contributed by atoms with Crippen LogP contribution in [0.25, 0.3) is 0 Å². The van der Waals surface area contributed by atoms with E-state index in [1.807, 2.05) is 0 Å². The molecule has 1 saturated carbocycles. The third-order valence-corrected chi connectivity index (χ3v) is 3.67. The number of rotatable bonds is 3. The van der Waals surface area contributed by atoms with Crippen molar-refractivity contribution in [1.29, 1.82) is 0 Å². The highest BCUT2D eigenvalue weighted by atomic mass is 19.1. The molecule has 100 valence electrons. The molecule has 0 atom stereocenters. The minimum atomic E-state index is -0.537. The van der Waals surface area contributed by atoms with E-state index < -0.39 is 5.82 Å². The van der Waals surface area contributed by atoms with Gasteiger partial charge in [-0.15, -0.1) is 0 Å². The lowest BCUT2D eigenvalue weighted by Crippen LogP contribution is -2.29. The molecule has 0 amide bonds. The van der Waals surface area contributed by atoms with Crippen LogP contribution < -0.4 is 4.74 Å². The van der Waals surface area contributed by atoms with E-state index in [1.165, 1.54) is 12.3 Å². The molecule has 0 aromatic carbocycles. The summed E-state index contributed by atoms with van der Waals surface area (Å²) in [6, 6.07) is 1.46. The van der Waals surface area contributed by atoms with Crippen molar-refractivity contribution in [2.24, 2.45) is 5.41 Å². The predicted molar refractivity (Wildman–Crippen MR) is 66.8 cm³/mol. The van der Waals surface area contributed by atoms with Gasteiger partial charge in [0.25, 0.3) is 5.88 Å². The van der Waals surface area contributed by atoms with Crippen LogP contribution in [-0.2, 0) is 6.61 Å². The molecule has 1 heterocycles. The standard InChI is InChI=1S/C14H20FNO2/c1-14(2)6-3-11(4-7-14)18-13-12(15)10(9-17)5-8-16-13/h5,8,11,17H,3-4,6-7,9H2,1-2H3. The molecule has 1 aliphatic rings. The highest BCUT2D eigenvalue weighted by molar-refractivity contribution is 5.23. The second-order valence-corrected chi connectivity index (χ2v) is 5.73. The van der Waals surface area contributed by atoms with E-state index in [0.717, 1.165) is 25.7 Å². The second-order valence-electron chi connectivity index (χ2n) is 5.73. The van der Waals surface area contributed by atoms with Crippen LogP contribution in [0.5, 0.6) is 5.88 Å². The van der Waals surface area contributed by atoms with Crippen molar-refractivity contribution >= 4 is 0 Å². The Labute approximate surface area is 107 Å². The summed E-state index contributed by atoms with van der Waals surface area (Å²) in [6.07, 6.45) is 5.53. The number of aromatic nitrogens is 1. The Morgan fingerprint density at radius 1 is 1.44 bits per heavy atom. The van der Waals surface area contributed by atoms with Crippen LogP contribution >= 0.6 is 0 Å². The molecule has 1 fully saturated rings. The molecule has 0 bridgehead atoms. The average molecular weight is 253 g/mol. The zero-order valence-corrected chi connectivity index (χ0v) is 10.9. The smallest absolute Gasteiger partial charge is 0.251 e. The molecule has 1 aromatic heterocycles. The zero-order valence-electron chi connectivity index (χ0n) is 10.9. The van der Waals surface area contributed by atoms with Crippen molar-refractivity contribution in [3.8, 4) is 5.88 Å². The first kappa shape index (κ1) is 13.3. The molecule has 3 nitrogen and oxygen atoms in total. The first-order valence-electron chi connectivity index (χ1n) is 6.43. The van der Waals surface area contributed by atoms with Gasteiger partial charge in [0.05, 0.1) is 6.61 Å². The normalized spacial score (nSPS) is 19.8. The van der Waals surface area contributed by atoms with E-state index in [4.69, 9.17) is 9.84 Å². The number of pyridine rings is 1. The zero-order chi connectivity index (χ0) is 13.2. The van der Waals surface area contributed by atoms with Crippen molar-refractivity contribution in [2.75, 3.05) is 0 Å². The molecular formula is C14H20FNO2. The van der Waals surface area contributed by atoms with Crippen molar-refractivity contribution in [1.82, 2.24) is 4.98 Å². The van der Waals surface area contributed by atoms with Crippen molar-refractivity contribution in [3.63, 3.8) is 0 Å². The van der Waals surface area contributed by atoms with Gasteiger partial charge in [0, 0.05) is 11.8 Å². The lowest BCUT2D eigenvalue weighted by Gasteiger charge is -2.34. The van der Waals surface area contributed by atoms with E-state index in [1.54, 1.807) is 0 Å². The molecule has 2 rings (SSSR count). The third kappa shape index (κ3) is 2.99. The fourth-order valence-electron chi connectivity index (χ4n) is 2.31. The highest BCUT2D eigenvalue weighted by Crippen LogP contribution is 2.36. The van der Waals surface area contributed by atoms with Gasteiger partial charge in [0.1, 0.15) is 6.10 Å². The minimum absolute atomic E-state index is 0.0197. The average Bonchev–Trinajstić information content (AvgIpc) is 2.34. The highest BCUT2D eigenvalue weighted by Gasteiger charge is 2.28. The van der Waals surface area contributed by atoms with Crippen molar-refractivity contribution < 1.29 is 14.2 Å². The molecule has 0 unspecified atom stereocenters. The number of aliphatic hydroxyl groups is 1. The van der Waals surface area contributed by atoms with Crippen LogP contribution in [0, 0.1) is 11.2 Å². The van der Waals surface area contributed by atoms with E-state index >= 15 is 0 Å². The molecule has 0 saturated heterocycles. The van der Waals surface area contributed by atoms with Gasteiger partial charge in [0.2, 0.25) is 0 Å². The first-order chi connectivity index (χ1) is 8.52. The summed E-state index contributed by atoms with van der Waals surface area (Å²) < 4.78 is 19.5. The third-order valence-electron chi connectivity index (χ3n) is 3.67. The molecule has 1 aromatic rings. The predicted octanol–water partition coefficient (Wildman–Crippen LogP) is 3.06. The minimum Gasteiger partial charge on any atom is -0.472 e. The van der Waals surface area contributed by atoms with Crippen LogP contribution in [0.4, 0.5) is 4.39 Å². The Bertz CT molecular complexity index is 410. The fourth-order valence-corrected chi connectivity index (χ4v) is 2.31. The number of hydrogen-bond donors (Lipinski definition) is 1. The molecule has 0 radical (unpaired) electrons. The van der Waals surface area contributed by atoms with E-state index in [-0.39, 0.29) is 24.2 Å². The summed E-state index contributed by atoms with van der Waals surface area (Å²) in [7, 11) is 0. The molecule has 4 heteroatoms. The lowest BCUT2D eigenvalue weighted by atomic mass is 9.76. The van der Waals surface area contributed by atoms with Crippen LogP contribution in [0.15, 0.2) is 12.3 Å². The molecule has 1 N–H and O–H groups in total. The number of halogens is 1. The van der Waals surface area contributed by atoms with Gasteiger partial charge < -0.3 is 9.84 Å². The Hall–Kier alpha value is -1.16. The molecular weight excluding hydrogens is 233 g/mol. The monoisotopic (exact) mass is 253 g/mol. The van der Waals surface area contributed by atoms with Gasteiger partial charge in [-0.25, -0.2) is 9.37 Å². The second kappa shape index (κ2) is 5.22. The summed E-state index contributed by atoms with van der Waals surface area (Å²) in [6.45, 7) is 4.16. The Morgan fingerprint density at radius 3 is 2.72 bits per heavy atom. The van der Waals surface area contributed by atoms with E-state index in [0.29, 0.717) is 5.41 Å². The van der Waals surface area contributed by atoms with E-state index in [9.17, 15) is 4.39 Å². The summed E-state index contributed by atoms with van der Waals surface area (Å²) >= 11 is 0. The number of ether oxygens (including phenoxy) is 1. The molecule has 0 aliphatic heterocycles. The summed E-state index contributed by atoms with van der Waals surface area (Å²) in [4.78, 5) is 3.91.